The van der Waals surface area contributed by atoms with E-state index in [-0.39, 0.29) is 22.8 Å². The van der Waals surface area contributed by atoms with E-state index >= 15 is 0 Å². The number of hydrogen-bond donors (Lipinski definition) is 0. The zero-order chi connectivity index (χ0) is 12.3. The molecule has 2 nitrogen and oxygen atoms in total. The van der Waals surface area contributed by atoms with Crippen LogP contribution < -0.4 is 17.0 Å². The summed E-state index contributed by atoms with van der Waals surface area (Å²) in [4.78, 5) is 13.7. The molecule has 0 saturated heterocycles. The number of carbonyl (C=O) groups excluding carboxylic acids is 1. The Hall–Kier alpha value is -0.650. The van der Waals surface area contributed by atoms with Gasteiger partial charge in [0, 0.05) is 4.90 Å². The summed E-state index contributed by atoms with van der Waals surface area (Å²) in [5.41, 5.74) is 0. The summed E-state index contributed by atoms with van der Waals surface area (Å²) in [5, 5.41) is 1.92. The first kappa shape index (κ1) is 15.4. The lowest BCUT2D eigenvalue weighted by Crippen LogP contribution is -3.00. The molecule has 0 unspecified atom stereocenters. The second kappa shape index (κ2) is 7.07. The summed E-state index contributed by atoms with van der Waals surface area (Å²) >= 11 is 3.04. The van der Waals surface area contributed by atoms with Crippen molar-refractivity contribution in [3.8, 4) is 0 Å². The van der Waals surface area contributed by atoms with Gasteiger partial charge in [0.15, 0.2) is 5.78 Å². The van der Waals surface area contributed by atoms with Gasteiger partial charge >= 0.3 is 11.5 Å². The lowest BCUT2D eigenvalue weighted by atomic mass is 10.3. The van der Waals surface area contributed by atoms with Crippen LogP contribution >= 0.6 is 23.1 Å². The quantitative estimate of drug-likeness (QED) is 0.474. The molecule has 0 aromatic carbocycles. The maximum atomic E-state index is 11.8. The highest BCUT2D eigenvalue weighted by Crippen LogP contribution is 2.23. The van der Waals surface area contributed by atoms with E-state index in [1.165, 1.54) is 11.3 Å². The Balaban J connectivity index is 0.00000162. The maximum absolute atomic E-state index is 11.8. The predicted molar refractivity (Wildman–Crippen MR) is 72.0 cm³/mol. The number of aryl methyl sites for hydroxylation is 2. The van der Waals surface area contributed by atoms with Crippen molar-refractivity contribution in [3.05, 3.63) is 46.0 Å². The molecule has 0 atom stereocenters. The average Bonchev–Trinajstić information content (AvgIpc) is 2.78. The van der Waals surface area contributed by atoms with Crippen molar-refractivity contribution in [2.24, 2.45) is 0 Å². The van der Waals surface area contributed by atoms with Gasteiger partial charge in [0.25, 0.3) is 0 Å². The molecule has 2 rings (SSSR count). The van der Waals surface area contributed by atoms with Crippen LogP contribution in [0.3, 0.4) is 0 Å². The molecule has 18 heavy (non-hydrogen) atoms. The van der Waals surface area contributed by atoms with Gasteiger partial charge in [-0.15, -0.1) is 23.1 Å². The van der Waals surface area contributed by atoms with Crippen molar-refractivity contribution in [2.75, 3.05) is 5.75 Å². The molecule has 2 aromatic rings. The van der Waals surface area contributed by atoms with E-state index < -0.39 is 0 Å². The molecule has 0 fully saturated rings. The molecule has 2 aromatic heterocycles. The molecule has 5 heteroatoms. The van der Waals surface area contributed by atoms with E-state index in [1.54, 1.807) is 11.8 Å². The van der Waals surface area contributed by atoms with Crippen LogP contribution in [-0.4, -0.2) is 11.5 Å². The number of thiophene rings is 1. The fraction of sp³-hybridized carbons (Fsp3) is 0.231. The Morgan fingerprint density at radius 2 is 2.00 bits per heavy atom. The molecule has 0 aliphatic carbocycles. The van der Waals surface area contributed by atoms with Crippen molar-refractivity contribution >= 4 is 28.9 Å². The molecule has 0 amide bonds. The third-order valence-corrected chi connectivity index (χ3v) is 4.07. The predicted octanol–water partition coefficient (Wildman–Crippen LogP) is 1.22. The van der Waals surface area contributed by atoms with Gasteiger partial charge in [0.1, 0.15) is 0 Å². The topological polar surface area (TPSA) is 28.4 Å². The van der Waals surface area contributed by atoms with Crippen molar-refractivity contribution in [3.63, 3.8) is 0 Å². The molecule has 0 aliphatic rings. The maximum Gasteiger partial charge on any atom is 0.327 e. The van der Waals surface area contributed by atoms with Crippen LogP contribution in [0.2, 0.25) is 0 Å². The summed E-state index contributed by atoms with van der Waals surface area (Å²) in [6.07, 6.45) is 0. The van der Waals surface area contributed by atoms with E-state index in [0.717, 1.165) is 21.3 Å². The first-order valence-electron chi connectivity index (χ1n) is 5.26. The van der Waals surface area contributed by atoms with Gasteiger partial charge in [-0.3, -0.25) is 4.79 Å². The number of thioether (sulfide) groups is 1. The fourth-order valence-corrected chi connectivity index (χ4v) is 3.20. The summed E-state index contributed by atoms with van der Waals surface area (Å²) in [7, 11) is 0. The van der Waals surface area contributed by atoms with Crippen LogP contribution in [0.5, 0.6) is 0 Å². The van der Waals surface area contributed by atoms with Gasteiger partial charge in [-0.2, -0.15) is 0 Å². The second-order valence-corrected chi connectivity index (χ2v) is 5.70. The lowest BCUT2D eigenvalue weighted by Gasteiger charge is -1.98. The van der Waals surface area contributed by atoms with Crippen LogP contribution in [0.25, 0.3) is 0 Å². The van der Waals surface area contributed by atoms with Crippen molar-refractivity contribution in [1.29, 1.82) is 0 Å². The lowest BCUT2D eigenvalue weighted by molar-refractivity contribution is -0.0000120. The van der Waals surface area contributed by atoms with Gasteiger partial charge in [-0.1, -0.05) is 6.07 Å². The monoisotopic (exact) mass is 344 g/mol. The summed E-state index contributed by atoms with van der Waals surface area (Å²) in [6, 6.07) is 7.68. The van der Waals surface area contributed by atoms with Gasteiger partial charge < -0.3 is 17.0 Å². The molecule has 0 saturated carbocycles. The summed E-state index contributed by atoms with van der Waals surface area (Å²) < 4.78 is 5.40. The molecule has 0 N–H and O–H groups in total. The largest absolute Gasteiger partial charge is 1.00 e. The highest BCUT2D eigenvalue weighted by molar-refractivity contribution is 8.00. The molecule has 0 radical (unpaired) electrons. The third kappa shape index (κ3) is 4.23. The number of Topliss-reactive ketones (excluding diaryl/α,β-unsaturated/α-hetero) is 1. The minimum atomic E-state index is 0. The third-order valence-electron chi connectivity index (χ3n) is 2.18. The first-order valence-corrected chi connectivity index (χ1v) is 7.12. The van der Waals surface area contributed by atoms with Crippen molar-refractivity contribution in [1.82, 2.24) is 0 Å². The van der Waals surface area contributed by atoms with E-state index in [0.29, 0.717) is 5.75 Å². The SMILES string of the molecule is Cc1cc(SCC(=O)c2cccs2)cc(C)[o+]1.[Br-]. The van der Waals surface area contributed by atoms with Crippen LogP contribution in [0.15, 0.2) is 39.0 Å². The Morgan fingerprint density at radius 1 is 1.33 bits per heavy atom. The molecule has 0 aliphatic heterocycles. The highest BCUT2D eigenvalue weighted by Gasteiger charge is 2.11. The van der Waals surface area contributed by atoms with Gasteiger partial charge in [0.2, 0.25) is 0 Å². The van der Waals surface area contributed by atoms with Crippen LogP contribution in [0.4, 0.5) is 0 Å². The van der Waals surface area contributed by atoms with Gasteiger partial charge in [-0.25, -0.2) is 4.42 Å². The van der Waals surface area contributed by atoms with E-state index in [2.05, 4.69) is 0 Å². The number of carbonyl (C=O) groups is 1. The molecule has 96 valence electrons. The van der Waals surface area contributed by atoms with Crippen LogP contribution in [0.1, 0.15) is 21.2 Å². The smallest absolute Gasteiger partial charge is 0.327 e. The minimum absolute atomic E-state index is 0. The Morgan fingerprint density at radius 3 is 2.56 bits per heavy atom. The van der Waals surface area contributed by atoms with Crippen molar-refractivity contribution in [2.45, 2.75) is 18.7 Å². The normalized spacial score (nSPS) is 9.89. The van der Waals surface area contributed by atoms with Crippen LogP contribution in [-0.2, 0) is 0 Å². The zero-order valence-corrected chi connectivity index (χ0v) is 13.3. The Labute approximate surface area is 125 Å². The van der Waals surface area contributed by atoms with Gasteiger partial charge in [-0.05, 0) is 11.4 Å². The van der Waals surface area contributed by atoms with E-state index in [1.807, 2.05) is 43.5 Å². The molecule has 0 bridgehead atoms. The number of hydrogen-bond acceptors (Lipinski definition) is 3. The minimum Gasteiger partial charge on any atom is -1.00 e. The summed E-state index contributed by atoms with van der Waals surface area (Å²) in [6.45, 7) is 3.83. The standard InChI is InChI=1S/C13H13O2S2.BrH/c1-9-6-11(7-10(2)15-9)17-8-12(14)13-4-3-5-16-13;/h3-7H,8H2,1-2H3;1H/q+1;/p-1. The van der Waals surface area contributed by atoms with Gasteiger partial charge in [0.05, 0.1) is 36.6 Å². The van der Waals surface area contributed by atoms with E-state index in [4.69, 9.17) is 4.42 Å². The Bertz CT molecular complexity index is 504. The highest BCUT2D eigenvalue weighted by atomic mass is 79.9. The second-order valence-electron chi connectivity index (χ2n) is 3.70. The molecule has 2 heterocycles. The average molecular weight is 345 g/mol. The number of ketones is 1. The number of rotatable bonds is 4. The van der Waals surface area contributed by atoms with Crippen molar-refractivity contribution < 1.29 is 26.2 Å². The Kier molecular flexibility index (Phi) is 6.05. The molecular weight excluding hydrogens is 332 g/mol. The molecule has 0 spiro atoms. The fourth-order valence-electron chi connectivity index (χ4n) is 1.50. The number of halogens is 1. The molecular formula is C13H13BrO2S2. The summed E-state index contributed by atoms with van der Waals surface area (Å²) in [5.74, 6) is 2.40. The van der Waals surface area contributed by atoms with E-state index in [9.17, 15) is 4.79 Å². The first-order chi connectivity index (χ1) is 8.15. The van der Waals surface area contributed by atoms with Crippen LogP contribution in [0, 0.1) is 13.8 Å². The zero-order valence-electron chi connectivity index (χ0n) is 10.1.